The smallest absolute Gasteiger partial charge is 0.138 e. The van der Waals surface area contributed by atoms with Crippen LogP contribution in [0, 0.1) is 11.8 Å². The van der Waals surface area contributed by atoms with Crippen LogP contribution in [-0.4, -0.2) is 5.78 Å². The predicted octanol–water partition coefficient (Wildman–Crippen LogP) is 2.79. The molecule has 0 radical (unpaired) electrons. The fourth-order valence-electron chi connectivity index (χ4n) is 1.99. The fraction of sp³-hybridized carbons (Fsp3) is 0.900. The van der Waals surface area contributed by atoms with Gasteiger partial charge < -0.3 is 0 Å². The molecule has 1 heteroatoms. The second-order valence-corrected chi connectivity index (χ2v) is 3.72. The zero-order valence-electron chi connectivity index (χ0n) is 7.60. The summed E-state index contributed by atoms with van der Waals surface area (Å²) in [6.45, 7) is 4.23. The van der Waals surface area contributed by atoms with Crippen molar-refractivity contribution in [2.45, 2.75) is 46.0 Å². The molecule has 11 heavy (non-hydrogen) atoms. The zero-order chi connectivity index (χ0) is 8.27. The summed E-state index contributed by atoms with van der Waals surface area (Å²) in [5.74, 6) is 1.28. The Labute approximate surface area is 69.2 Å². The molecule has 0 spiro atoms. The normalized spacial score (nSPS) is 32.4. The van der Waals surface area contributed by atoms with Gasteiger partial charge in [-0.05, 0) is 19.3 Å². The van der Waals surface area contributed by atoms with Gasteiger partial charge in [-0.1, -0.05) is 26.7 Å². The first-order valence-corrected chi connectivity index (χ1v) is 4.79. The maximum Gasteiger partial charge on any atom is 0.138 e. The highest BCUT2D eigenvalue weighted by Crippen LogP contribution is 2.28. The van der Waals surface area contributed by atoms with E-state index >= 15 is 0 Å². The third kappa shape index (κ3) is 2.05. The van der Waals surface area contributed by atoms with Crippen LogP contribution in [0.5, 0.6) is 0 Å². The molecule has 0 saturated heterocycles. The highest BCUT2D eigenvalue weighted by atomic mass is 16.1. The van der Waals surface area contributed by atoms with Crippen LogP contribution < -0.4 is 0 Å². The van der Waals surface area contributed by atoms with Crippen LogP contribution in [0.2, 0.25) is 0 Å². The summed E-state index contributed by atoms with van der Waals surface area (Å²) in [7, 11) is 0. The third-order valence-electron chi connectivity index (χ3n) is 2.71. The average molecular weight is 154 g/mol. The van der Waals surface area contributed by atoms with Crippen molar-refractivity contribution < 1.29 is 4.79 Å². The highest BCUT2D eigenvalue weighted by molar-refractivity contribution is 5.83. The first-order chi connectivity index (χ1) is 5.25. The third-order valence-corrected chi connectivity index (χ3v) is 2.71. The summed E-state index contributed by atoms with van der Waals surface area (Å²) >= 11 is 0. The molecule has 0 aromatic rings. The molecule has 64 valence electrons. The summed E-state index contributed by atoms with van der Waals surface area (Å²) in [6, 6.07) is 0. The number of carbonyl (C=O) groups excluding carboxylic acids is 1. The number of ketones is 1. The molecule has 0 bridgehead atoms. The van der Waals surface area contributed by atoms with E-state index in [1.807, 2.05) is 0 Å². The Hall–Kier alpha value is -0.330. The molecule has 1 saturated carbocycles. The summed E-state index contributed by atoms with van der Waals surface area (Å²) in [6.07, 6.45) is 5.81. The Morgan fingerprint density at radius 3 is 2.82 bits per heavy atom. The van der Waals surface area contributed by atoms with Crippen LogP contribution in [-0.2, 0) is 4.79 Å². The van der Waals surface area contributed by atoms with Crippen molar-refractivity contribution in [3.63, 3.8) is 0 Å². The van der Waals surface area contributed by atoms with Gasteiger partial charge in [-0.25, -0.2) is 0 Å². The highest BCUT2D eigenvalue weighted by Gasteiger charge is 2.26. The van der Waals surface area contributed by atoms with Crippen molar-refractivity contribution in [3.05, 3.63) is 0 Å². The molecule has 1 rings (SSSR count). The van der Waals surface area contributed by atoms with Gasteiger partial charge in [0, 0.05) is 11.8 Å². The van der Waals surface area contributed by atoms with Gasteiger partial charge in [0.25, 0.3) is 0 Å². The van der Waals surface area contributed by atoms with Gasteiger partial charge in [-0.3, -0.25) is 4.79 Å². The lowest BCUT2D eigenvalue weighted by atomic mass is 9.79. The number of hydrogen-bond donors (Lipinski definition) is 0. The number of hydrogen-bond acceptors (Lipinski definition) is 1. The van der Waals surface area contributed by atoms with Gasteiger partial charge in [0.2, 0.25) is 0 Å². The maximum absolute atomic E-state index is 11.5. The molecule has 0 amide bonds. The maximum atomic E-state index is 11.5. The minimum Gasteiger partial charge on any atom is -0.299 e. The standard InChI is InChI=1S/C10H18O/c1-3-5-9-7-4-6-8(2)10(9)11/h8-9H,3-7H2,1-2H3. The second kappa shape index (κ2) is 3.89. The van der Waals surface area contributed by atoms with Gasteiger partial charge >= 0.3 is 0 Å². The van der Waals surface area contributed by atoms with E-state index in [2.05, 4.69) is 13.8 Å². The minimum absolute atomic E-state index is 0.347. The predicted molar refractivity (Wildman–Crippen MR) is 46.4 cm³/mol. The Balaban J connectivity index is 2.44. The van der Waals surface area contributed by atoms with Crippen molar-refractivity contribution in [2.75, 3.05) is 0 Å². The summed E-state index contributed by atoms with van der Waals surface area (Å²) < 4.78 is 0. The van der Waals surface area contributed by atoms with E-state index in [0.29, 0.717) is 17.6 Å². The summed E-state index contributed by atoms with van der Waals surface area (Å²) in [4.78, 5) is 11.5. The zero-order valence-corrected chi connectivity index (χ0v) is 7.60. The van der Waals surface area contributed by atoms with Gasteiger partial charge in [0.05, 0.1) is 0 Å². The van der Waals surface area contributed by atoms with Crippen molar-refractivity contribution in [1.29, 1.82) is 0 Å². The molecule has 2 atom stereocenters. The van der Waals surface area contributed by atoms with E-state index in [9.17, 15) is 4.79 Å². The first kappa shape index (κ1) is 8.76. The van der Waals surface area contributed by atoms with E-state index < -0.39 is 0 Å². The molecule has 0 aromatic heterocycles. The Morgan fingerprint density at radius 1 is 1.45 bits per heavy atom. The molecule has 2 unspecified atom stereocenters. The van der Waals surface area contributed by atoms with E-state index in [1.165, 1.54) is 6.42 Å². The summed E-state index contributed by atoms with van der Waals surface area (Å²) in [5, 5.41) is 0. The van der Waals surface area contributed by atoms with Gasteiger partial charge in [-0.15, -0.1) is 0 Å². The fourth-order valence-corrected chi connectivity index (χ4v) is 1.99. The van der Waals surface area contributed by atoms with Crippen LogP contribution in [0.4, 0.5) is 0 Å². The molecule has 1 aliphatic rings. The lowest BCUT2D eigenvalue weighted by Gasteiger charge is -2.24. The number of carbonyl (C=O) groups is 1. The molecular formula is C10H18O. The molecule has 1 fully saturated rings. The van der Waals surface area contributed by atoms with E-state index in [0.717, 1.165) is 25.7 Å². The average Bonchev–Trinajstić information content (AvgIpc) is 1.99. The van der Waals surface area contributed by atoms with Crippen LogP contribution in [0.1, 0.15) is 46.0 Å². The molecule has 0 aromatic carbocycles. The molecule has 0 aliphatic heterocycles. The van der Waals surface area contributed by atoms with Crippen molar-refractivity contribution >= 4 is 5.78 Å². The van der Waals surface area contributed by atoms with Crippen molar-refractivity contribution in [1.82, 2.24) is 0 Å². The molecule has 0 N–H and O–H groups in total. The van der Waals surface area contributed by atoms with Crippen molar-refractivity contribution in [2.24, 2.45) is 11.8 Å². The molecular weight excluding hydrogens is 136 g/mol. The van der Waals surface area contributed by atoms with Crippen LogP contribution in [0.3, 0.4) is 0 Å². The lowest BCUT2D eigenvalue weighted by molar-refractivity contribution is -0.128. The van der Waals surface area contributed by atoms with Gasteiger partial charge in [0.1, 0.15) is 5.78 Å². The Kier molecular flexibility index (Phi) is 3.10. The van der Waals surface area contributed by atoms with E-state index in [-0.39, 0.29) is 0 Å². The second-order valence-electron chi connectivity index (χ2n) is 3.72. The first-order valence-electron chi connectivity index (χ1n) is 4.79. The van der Waals surface area contributed by atoms with E-state index in [1.54, 1.807) is 0 Å². The van der Waals surface area contributed by atoms with Crippen LogP contribution in [0.25, 0.3) is 0 Å². The number of rotatable bonds is 2. The quantitative estimate of drug-likeness (QED) is 0.597. The number of Topliss-reactive ketones (excluding diaryl/α,β-unsaturated/α-hetero) is 1. The Bertz CT molecular complexity index is 138. The lowest BCUT2D eigenvalue weighted by Crippen LogP contribution is -2.26. The van der Waals surface area contributed by atoms with E-state index in [4.69, 9.17) is 0 Å². The molecule has 1 nitrogen and oxygen atoms in total. The van der Waals surface area contributed by atoms with Crippen LogP contribution >= 0.6 is 0 Å². The summed E-state index contributed by atoms with van der Waals surface area (Å²) in [5.41, 5.74) is 0. The molecule has 0 heterocycles. The monoisotopic (exact) mass is 154 g/mol. The SMILES string of the molecule is CCCC1CCCC(C)C1=O. The largest absolute Gasteiger partial charge is 0.299 e. The Morgan fingerprint density at radius 2 is 2.18 bits per heavy atom. The molecule has 1 aliphatic carbocycles. The topological polar surface area (TPSA) is 17.1 Å². The van der Waals surface area contributed by atoms with Gasteiger partial charge in [0.15, 0.2) is 0 Å². The van der Waals surface area contributed by atoms with Gasteiger partial charge in [-0.2, -0.15) is 0 Å². The minimum atomic E-state index is 0.347. The van der Waals surface area contributed by atoms with Crippen LogP contribution in [0.15, 0.2) is 0 Å². The van der Waals surface area contributed by atoms with Crippen molar-refractivity contribution in [3.8, 4) is 0 Å².